The molecule has 3 nitrogen and oxygen atoms in total. The van der Waals surface area contributed by atoms with Crippen LogP contribution < -0.4 is 0 Å². The number of ether oxygens (including phenoxy) is 2. The number of carbonyl (C=O) groups excluding carboxylic acids is 1. The summed E-state index contributed by atoms with van der Waals surface area (Å²) in [6.45, 7) is -0.211. The van der Waals surface area contributed by atoms with Gasteiger partial charge < -0.3 is 9.47 Å². The van der Waals surface area contributed by atoms with Gasteiger partial charge in [-0.15, -0.1) is 0 Å². The number of rotatable bonds is 4. The molecule has 0 saturated carbocycles. The minimum absolute atomic E-state index is 0.272. The molecule has 1 aromatic rings. The van der Waals surface area contributed by atoms with Gasteiger partial charge in [0.25, 0.3) is 0 Å². The Hall–Kier alpha value is -1.47. The molecule has 1 saturated heterocycles. The first-order valence-electron chi connectivity index (χ1n) is 6.09. The number of benzene rings is 1. The van der Waals surface area contributed by atoms with E-state index in [1.807, 2.05) is 0 Å². The number of carbonyl (C=O) groups is 1. The Labute approximate surface area is 112 Å². The van der Waals surface area contributed by atoms with Crippen molar-refractivity contribution < 1.29 is 31.8 Å². The molecule has 0 amide bonds. The van der Waals surface area contributed by atoms with Gasteiger partial charge in [0.1, 0.15) is 0 Å². The summed E-state index contributed by atoms with van der Waals surface area (Å²) in [6, 6.07) is 0. The first-order chi connectivity index (χ1) is 9.56. The van der Waals surface area contributed by atoms with Crippen molar-refractivity contribution in [3.8, 4) is 0 Å². The van der Waals surface area contributed by atoms with Crippen LogP contribution in [-0.4, -0.2) is 19.2 Å². The fourth-order valence-electron chi connectivity index (χ4n) is 1.94. The van der Waals surface area contributed by atoms with Crippen molar-refractivity contribution in [3.63, 3.8) is 0 Å². The molecule has 1 atom stereocenters. The quantitative estimate of drug-likeness (QED) is 0.486. The maximum Gasteiger partial charge on any atom is 0.172 e. The van der Waals surface area contributed by atoms with E-state index in [0.717, 1.165) is 12.8 Å². The molecule has 2 rings (SSSR count). The number of hydrogen-bond acceptors (Lipinski definition) is 3. The van der Waals surface area contributed by atoms with Crippen LogP contribution in [0.25, 0.3) is 0 Å². The number of aldehydes is 1. The van der Waals surface area contributed by atoms with Crippen molar-refractivity contribution in [2.24, 2.45) is 0 Å². The third kappa shape index (κ3) is 2.83. The van der Waals surface area contributed by atoms with E-state index in [-0.39, 0.29) is 6.29 Å². The van der Waals surface area contributed by atoms with Gasteiger partial charge in [0, 0.05) is 6.61 Å². The van der Waals surface area contributed by atoms with E-state index < -0.39 is 47.3 Å². The predicted octanol–water partition coefficient (Wildman–Crippen LogP) is 3.10. The molecular weight excluding hydrogens is 280 g/mol. The zero-order valence-electron chi connectivity index (χ0n) is 10.4. The fourth-order valence-corrected chi connectivity index (χ4v) is 1.94. The zero-order valence-corrected chi connectivity index (χ0v) is 10.4. The lowest BCUT2D eigenvalue weighted by Gasteiger charge is -2.23. The molecule has 1 aromatic carbocycles. The summed E-state index contributed by atoms with van der Waals surface area (Å²) >= 11 is 0. The Morgan fingerprint density at radius 1 is 1.10 bits per heavy atom. The van der Waals surface area contributed by atoms with E-state index in [4.69, 9.17) is 9.47 Å². The topological polar surface area (TPSA) is 35.5 Å². The molecule has 1 aliphatic heterocycles. The van der Waals surface area contributed by atoms with Gasteiger partial charge in [-0.2, -0.15) is 0 Å². The Balaban J connectivity index is 2.21. The summed E-state index contributed by atoms with van der Waals surface area (Å²) in [5.41, 5.74) is -2.16. The Morgan fingerprint density at radius 3 is 2.25 bits per heavy atom. The third-order valence-electron chi connectivity index (χ3n) is 3.06. The van der Waals surface area contributed by atoms with Gasteiger partial charge in [-0.3, -0.25) is 4.79 Å². The van der Waals surface area contributed by atoms with Crippen molar-refractivity contribution in [1.82, 2.24) is 0 Å². The standard InChI is InChI=1S/C13H12F4O3/c14-10-7(5-18)11(15)13(17)8(12(10)16)6-20-9-3-1-2-4-19-9/h5,9H,1-4,6H2. The van der Waals surface area contributed by atoms with Gasteiger partial charge in [0.2, 0.25) is 0 Å². The van der Waals surface area contributed by atoms with Crippen molar-refractivity contribution >= 4 is 6.29 Å². The van der Waals surface area contributed by atoms with Crippen molar-refractivity contribution in [2.75, 3.05) is 6.61 Å². The van der Waals surface area contributed by atoms with Crippen LogP contribution >= 0.6 is 0 Å². The maximum atomic E-state index is 13.6. The molecule has 0 N–H and O–H groups in total. The molecule has 1 fully saturated rings. The van der Waals surface area contributed by atoms with Crippen molar-refractivity contribution in [1.29, 1.82) is 0 Å². The molecule has 7 heteroatoms. The van der Waals surface area contributed by atoms with E-state index in [1.165, 1.54) is 0 Å². The van der Waals surface area contributed by atoms with E-state index in [0.29, 0.717) is 13.0 Å². The summed E-state index contributed by atoms with van der Waals surface area (Å²) in [5, 5.41) is 0. The maximum absolute atomic E-state index is 13.6. The molecule has 1 unspecified atom stereocenters. The molecule has 0 bridgehead atoms. The predicted molar refractivity (Wildman–Crippen MR) is 60.0 cm³/mol. The normalized spacial score (nSPS) is 19.1. The second-order valence-electron chi connectivity index (χ2n) is 4.37. The van der Waals surface area contributed by atoms with Crippen LogP contribution in [0.3, 0.4) is 0 Å². The van der Waals surface area contributed by atoms with E-state index >= 15 is 0 Å². The van der Waals surface area contributed by atoms with Crippen LogP contribution in [0.1, 0.15) is 35.2 Å². The molecular formula is C13H12F4O3. The molecule has 110 valence electrons. The van der Waals surface area contributed by atoms with Crippen molar-refractivity contribution in [2.45, 2.75) is 32.2 Å². The van der Waals surface area contributed by atoms with Gasteiger partial charge in [0.15, 0.2) is 35.8 Å². The Morgan fingerprint density at radius 2 is 1.75 bits per heavy atom. The van der Waals surface area contributed by atoms with Gasteiger partial charge >= 0.3 is 0 Å². The van der Waals surface area contributed by atoms with Crippen molar-refractivity contribution in [3.05, 3.63) is 34.4 Å². The highest BCUT2D eigenvalue weighted by Crippen LogP contribution is 2.25. The fraction of sp³-hybridized carbons (Fsp3) is 0.462. The van der Waals surface area contributed by atoms with E-state index in [9.17, 15) is 22.4 Å². The molecule has 1 aliphatic rings. The third-order valence-corrected chi connectivity index (χ3v) is 3.06. The monoisotopic (exact) mass is 292 g/mol. The first-order valence-corrected chi connectivity index (χ1v) is 6.09. The second-order valence-corrected chi connectivity index (χ2v) is 4.37. The molecule has 0 radical (unpaired) electrons. The Bertz CT molecular complexity index is 484. The lowest BCUT2D eigenvalue weighted by molar-refractivity contribution is -0.169. The summed E-state index contributed by atoms with van der Waals surface area (Å²) in [6.07, 6.45) is 1.31. The van der Waals surface area contributed by atoms with Gasteiger partial charge in [-0.1, -0.05) is 0 Å². The average molecular weight is 292 g/mol. The Kier molecular flexibility index (Phi) is 4.72. The summed E-state index contributed by atoms with van der Waals surface area (Å²) in [7, 11) is 0. The summed E-state index contributed by atoms with van der Waals surface area (Å²) < 4.78 is 64.2. The van der Waals surface area contributed by atoms with Crippen LogP contribution in [0.2, 0.25) is 0 Å². The molecule has 20 heavy (non-hydrogen) atoms. The minimum atomic E-state index is -1.72. The van der Waals surface area contributed by atoms with Gasteiger partial charge in [-0.05, 0) is 19.3 Å². The van der Waals surface area contributed by atoms with E-state index in [1.54, 1.807) is 0 Å². The van der Waals surface area contributed by atoms with Gasteiger partial charge in [0.05, 0.1) is 17.7 Å². The molecule has 0 aliphatic carbocycles. The summed E-state index contributed by atoms with van der Waals surface area (Å²) in [4.78, 5) is 10.4. The first kappa shape index (κ1) is 14.9. The lowest BCUT2D eigenvalue weighted by atomic mass is 10.1. The highest BCUT2D eigenvalue weighted by atomic mass is 19.2. The van der Waals surface area contributed by atoms with Crippen LogP contribution in [0.4, 0.5) is 17.6 Å². The number of hydrogen-bond donors (Lipinski definition) is 0. The van der Waals surface area contributed by atoms with Crippen LogP contribution in [0.5, 0.6) is 0 Å². The summed E-state index contributed by atoms with van der Waals surface area (Å²) in [5.74, 6) is -6.69. The van der Waals surface area contributed by atoms with Crippen LogP contribution in [0.15, 0.2) is 0 Å². The molecule has 0 aromatic heterocycles. The molecule has 1 heterocycles. The molecule has 0 spiro atoms. The lowest BCUT2D eigenvalue weighted by Crippen LogP contribution is -2.23. The smallest absolute Gasteiger partial charge is 0.172 e. The SMILES string of the molecule is O=Cc1c(F)c(F)c(COC2CCCCO2)c(F)c1F. The van der Waals surface area contributed by atoms with Crippen LogP contribution in [-0.2, 0) is 16.1 Å². The minimum Gasteiger partial charge on any atom is -0.353 e. The second kappa shape index (κ2) is 6.32. The highest BCUT2D eigenvalue weighted by Gasteiger charge is 2.26. The van der Waals surface area contributed by atoms with Crippen LogP contribution in [0, 0.1) is 23.3 Å². The zero-order chi connectivity index (χ0) is 14.7. The largest absolute Gasteiger partial charge is 0.353 e. The van der Waals surface area contributed by atoms with Gasteiger partial charge in [-0.25, -0.2) is 17.6 Å². The number of halogens is 4. The average Bonchev–Trinajstić information content (AvgIpc) is 2.47. The van der Waals surface area contributed by atoms with E-state index in [2.05, 4.69) is 0 Å². The highest BCUT2D eigenvalue weighted by molar-refractivity contribution is 5.76.